The van der Waals surface area contributed by atoms with Crippen LogP contribution in [-0.2, 0) is 4.79 Å². The Morgan fingerprint density at radius 1 is 1.23 bits per heavy atom. The largest absolute Gasteiger partial charge is 0.481 e. The summed E-state index contributed by atoms with van der Waals surface area (Å²) < 4.78 is 0. The summed E-state index contributed by atoms with van der Waals surface area (Å²) in [6.45, 7) is 11.7. The number of nitriles is 1. The SMILES string of the molecule is C/C(=C\C/C=C\C#N)[C@H]1CC[C@]2(C)[C@@H]([C@H](C)CCCC(C)C)CC[C@H]2[C@@H]1CC(=O)O. The molecular weight excluding hydrogens is 370 g/mol. The second-order valence-corrected chi connectivity index (χ2v) is 10.7. The zero-order valence-corrected chi connectivity index (χ0v) is 19.9. The van der Waals surface area contributed by atoms with E-state index in [1.807, 2.05) is 12.1 Å². The number of hydrogen-bond donors (Lipinski definition) is 1. The van der Waals surface area contributed by atoms with Gasteiger partial charge in [0.2, 0.25) is 0 Å². The molecule has 2 aliphatic carbocycles. The molecule has 0 amide bonds. The first-order valence-corrected chi connectivity index (χ1v) is 12.1. The van der Waals surface area contributed by atoms with Gasteiger partial charge in [0.15, 0.2) is 0 Å². The molecule has 2 saturated carbocycles. The number of aliphatic carboxylic acids is 1. The minimum absolute atomic E-state index is 0.241. The summed E-state index contributed by atoms with van der Waals surface area (Å²) in [4.78, 5) is 11.8. The molecule has 2 rings (SSSR count). The van der Waals surface area contributed by atoms with E-state index in [1.54, 1.807) is 0 Å². The predicted molar refractivity (Wildman–Crippen MR) is 124 cm³/mol. The summed E-state index contributed by atoms with van der Waals surface area (Å²) in [6.07, 6.45) is 15.4. The summed E-state index contributed by atoms with van der Waals surface area (Å²) >= 11 is 0. The highest BCUT2D eigenvalue weighted by molar-refractivity contribution is 5.67. The fourth-order valence-corrected chi connectivity index (χ4v) is 6.89. The maximum absolute atomic E-state index is 11.8. The minimum Gasteiger partial charge on any atom is -0.481 e. The number of hydrogen-bond acceptors (Lipinski definition) is 2. The molecule has 2 aliphatic rings. The van der Waals surface area contributed by atoms with Crippen LogP contribution in [0.4, 0.5) is 0 Å². The summed E-state index contributed by atoms with van der Waals surface area (Å²) in [5, 5.41) is 18.4. The van der Waals surface area contributed by atoms with Crippen molar-refractivity contribution < 1.29 is 9.90 Å². The molecule has 1 N–H and O–H groups in total. The summed E-state index contributed by atoms with van der Waals surface area (Å²) in [6, 6.07) is 2.04. The second kappa shape index (κ2) is 11.2. The summed E-state index contributed by atoms with van der Waals surface area (Å²) in [5.41, 5.74) is 1.61. The predicted octanol–water partition coefficient (Wildman–Crippen LogP) is 7.40. The lowest BCUT2D eigenvalue weighted by Crippen LogP contribution is -2.43. The average Bonchev–Trinajstić information content (AvgIpc) is 3.02. The molecule has 0 aromatic carbocycles. The van der Waals surface area contributed by atoms with Gasteiger partial charge in [-0.15, -0.1) is 0 Å². The molecule has 0 spiro atoms. The van der Waals surface area contributed by atoms with Gasteiger partial charge in [0.05, 0.1) is 6.07 Å². The Morgan fingerprint density at radius 2 is 1.97 bits per heavy atom. The maximum atomic E-state index is 11.8. The third kappa shape index (κ3) is 5.99. The van der Waals surface area contributed by atoms with Crippen LogP contribution in [0.25, 0.3) is 0 Å². The Bertz CT molecular complexity index is 671. The fraction of sp³-hybridized carbons (Fsp3) is 0.778. The highest BCUT2D eigenvalue weighted by Crippen LogP contribution is 2.62. The first kappa shape index (κ1) is 24.7. The van der Waals surface area contributed by atoms with Crippen molar-refractivity contribution >= 4 is 5.97 Å². The van der Waals surface area contributed by atoms with E-state index in [4.69, 9.17) is 5.26 Å². The van der Waals surface area contributed by atoms with Crippen LogP contribution in [0.2, 0.25) is 0 Å². The van der Waals surface area contributed by atoms with Crippen LogP contribution in [0.3, 0.4) is 0 Å². The van der Waals surface area contributed by atoms with Gasteiger partial charge in [0.1, 0.15) is 0 Å². The zero-order chi connectivity index (χ0) is 22.3. The van der Waals surface area contributed by atoms with Gasteiger partial charge in [0.25, 0.3) is 0 Å². The Labute approximate surface area is 184 Å². The minimum atomic E-state index is -0.653. The van der Waals surface area contributed by atoms with Crippen molar-refractivity contribution in [1.82, 2.24) is 0 Å². The van der Waals surface area contributed by atoms with E-state index in [1.165, 1.54) is 50.2 Å². The molecule has 6 atom stereocenters. The van der Waals surface area contributed by atoms with Crippen molar-refractivity contribution in [2.45, 2.75) is 92.4 Å². The van der Waals surface area contributed by atoms with Crippen molar-refractivity contribution in [2.75, 3.05) is 0 Å². The van der Waals surface area contributed by atoms with Crippen molar-refractivity contribution in [3.05, 3.63) is 23.8 Å². The van der Waals surface area contributed by atoms with E-state index >= 15 is 0 Å². The third-order valence-corrected chi connectivity index (χ3v) is 8.40. The molecule has 168 valence electrons. The van der Waals surface area contributed by atoms with Gasteiger partial charge in [-0.1, -0.05) is 64.7 Å². The second-order valence-electron chi connectivity index (χ2n) is 10.7. The molecule has 0 aliphatic heterocycles. The van der Waals surface area contributed by atoms with Crippen LogP contribution in [0, 0.1) is 52.3 Å². The highest BCUT2D eigenvalue weighted by atomic mass is 16.4. The van der Waals surface area contributed by atoms with Crippen LogP contribution in [0.1, 0.15) is 92.4 Å². The van der Waals surface area contributed by atoms with Gasteiger partial charge in [-0.25, -0.2) is 0 Å². The van der Waals surface area contributed by atoms with E-state index in [9.17, 15) is 9.90 Å². The molecule has 0 heterocycles. The smallest absolute Gasteiger partial charge is 0.303 e. The molecule has 0 bridgehead atoms. The monoisotopic (exact) mass is 413 g/mol. The number of nitrogens with zero attached hydrogens (tertiary/aromatic N) is 1. The lowest BCUT2D eigenvalue weighted by Gasteiger charge is -2.50. The maximum Gasteiger partial charge on any atom is 0.303 e. The molecule has 2 fully saturated rings. The van der Waals surface area contributed by atoms with Gasteiger partial charge in [0, 0.05) is 12.5 Å². The van der Waals surface area contributed by atoms with Crippen molar-refractivity contribution in [3.8, 4) is 6.07 Å². The van der Waals surface area contributed by atoms with Gasteiger partial charge in [-0.2, -0.15) is 5.26 Å². The Kier molecular flexibility index (Phi) is 9.20. The fourth-order valence-electron chi connectivity index (χ4n) is 6.89. The van der Waals surface area contributed by atoms with Crippen molar-refractivity contribution in [3.63, 3.8) is 0 Å². The average molecular weight is 414 g/mol. The van der Waals surface area contributed by atoms with Crippen LogP contribution in [-0.4, -0.2) is 11.1 Å². The van der Waals surface area contributed by atoms with Gasteiger partial charge in [-0.05, 0) is 80.0 Å². The molecule has 0 aromatic rings. The topological polar surface area (TPSA) is 61.1 Å². The van der Waals surface area contributed by atoms with Gasteiger partial charge >= 0.3 is 5.97 Å². The van der Waals surface area contributed by atoms with Crippen LogP contribution in [0.15, 0.2) is 23.8 Å². The molecule has 0 unspecified atom stereocenters. The first-order valence-electron chi connectivity index (χ1n) is 12.1. The van der Waals surface area contributed by atoms with E-state index in [-0.39, 0.29) is 11.3 Å². The number of rotatable bonds is 10. The number of carboxylic acids is 1. The highest BCUT2D eigenvalue weighted by Gasteiger charge is 2.55. The number of fused-ring (bicyclic) bond motifs is 1. The molecule has 0 saturated heterocycles. The Morgan fingerprint density at radius 3 is 2.60 bits per heavy atom. The lowest BCUT2D eigenvalue weighted by molar-refractivity contribution is -0.140. The van der Waals surface area contributed by atoms with Gasteiger partial charge in [-0.3, -0.25) is 4.79 Å². The zero-order valence-electron chi connectivity index (χ0n) is 19.9. The normalized spacial score (nSPS) is 32.9. The molecule has 3 nitrogen and oxygen atoms in total. The number of carbonyl (C=O) groups is 1. The summed E-state index contributed by atoms with van der Waals surface area (Å²) in [7, 11) is 0. The molecule has 3 heteroatoms. The van der Waals surface area contributed by atoms with Crippen molar-refractivity contribution in [1.29, 1.82) is 5.26 Å². The van der Waals surface area contributed by atoms with Gasteiger partial charge < -0.3 is 5.11 Å². The van der Waals surface area contributed by atoms with Crippen LogP contribution >= 0.6 is 0 Å². The third-order valence-electron chi connectivity index (χ3n) is 8.40. The lowest BCUT2D eigenvalue weighted by atomic mass is 9.54. The Hall–Kier alpha value is -1.56. The molecule has 0 aromatic heterocycles. The Balaban J connectivity index is 2.16. The first-order chi connectivity index (χ1) is 14.2. The quantitative estimate of drug-likeness (QED) is 0.300. The molecular formula is C27H43NO2. The van der Waals surface area contributed by atoms with Crippen molar-refractivity contribution in [2.24, 2.45) is 40.9 Å². The number of carboxylic acid groups (broad SMARTS) is 1. The number of allylic oxidation sites excluding steroid dienone is 4. The van der Waals surface area contributed by atoms with E-state index in [2.05, 4.69) is 40.7 Å². The van der Waals surface area contributed by atoms with E-state index in [0.717, 1.165) is 30.6 Å². The molecule has 30 heavy (non-hydrogen) atoms. The van der Waals surface area contributed by atoms with Crippen LogP contribution < -0.4 is 0 Å². The molecule has 0 radical (unpaired) electrons. The standard InChI is InChI=1S/C27H43NO2/c1-19(2)10-9-12-21(4)24-13-14-25-23(18-26(29)30)22(15-16-27(24,25)5)20(3)11-7-6-8-17-28/h6,8,11,19,21-25H,7,9-10,12-16,18H2,1-5H3,(H,29,30)/b8-6-,20-11+/t21-,22-,23-,24-,25+,27-/m1/s1. The van der Waals surface area contributed by atoms with Crippen LogP contribution in [0.5, 0.6) is 0 Å². The van der Waals surface area contributed by atoms with E-state index < -0.39 is 5.97 Å². The van der Waals surface area contributed by atoms with E-state index in [0.29, 0.717) is 18.3 Å². The summed E-state index contributed by atoms with van der Waals surface area (Å²) in [5.74, 6) is 2.71.